The second kappa shape index (κ2) is 6.34. The zero-order valence-electron chi connectivity index (χ0n) is 10.3. The van der Waals surface area contributed by atoms with Crippen LogP contribution in [0.15, 0.2) is 18.2 Å². The number of nitrogens with one attached hydrogen (secondary N) is 1. The zero-order chi connectivity index (χ0) is 14.4. The Morgan fingerprint density at radius 3 is 2.58 bits per heavy atom. The van der Waals surface area contributed by atoms with Crippen molar-refractivity contribution in [3.63, 3.8) is 0 Å². The van der Waals surface area contributed by atoms with Gasteiger partial charge in [-0.15, -0.1) is 0 Å². The molecule has 1 N–H and O–H groups in total. The Balaban J connectivity index is 2.90. The van der Waals surface area contributed by atoms with Crippen molar-refractivity contribution in [2.45, 2.75) is 0 Å². The number of amides is 1. The number of methoxy groups -OCH3 is 2. The van der Waals surface area contributed by atoms with Crippen molar-refractivity contribution in [2.24, 2.45) is 0 Å². The molecule has 0 heterocycles. The Hall–Kier alpha value is -2.64. The van der Waals surface area contributed by atoms with Crippen LogP contribution in [-0.2, 0) is 9.53 Å². The van der Waals surface area contributed by atoms with Gasteiger partial charge in [-0.05, 0) is 6.07 Å². The number of carbonyl (C=O) groups is 2. The number of nitro groups is 1. The molecule has 1 amide bonds. The first-order valence-corrected chi connectivity index (χ1v) is 5.17. The highest BCUT2D eigenvalue weighted by molar-refractivity contribution is 5.98. The van der Waals surface area contributed by atoms with Crippen molar-refractivity contribution >= 4 is 17.6 Å². The summed E-state index contributed by atoms with van der Waals surface area (Å²) in [5, 5.41) is 12.9. The van der Waals surface area contributed by atoms with Gasteiger partial charge in [-0.1, -0.05) is 0 Å². The summed E-state index contributed by atoms with van der Waals surface area (Å²) >= 11 is 0. The number of hydrogen-bond acceptors (Lipinski definition) is 6. The van der Waals surface area contributed by atoms with Gasteiger partial charge in [0, 0.05) is 6.07 Å². The van der Waals surface area contributed by atoms with Gasteiger partial charge in [0.1, 0.15) is 12.3 Å². The van der Waals surface area contributed by atoms with Gasteiger partial charge in [0.15, 0.2) is 0 Å². The molecule has 0 aliphatic carbocycles. The normalized spacial score (nSPS) is 9.58. The van der Waals surface area contributed by atoms with Gasteiger partial charge >= 0.3 is 5.97 Å². The third kappa shape index (κ3) is 3.66. The third-order valence-corrected chi connectivity index (χ3v) is 2.26. The Bertz CT molecular complexity index is 514. The average molecular weight is 268 g/mol. The number of rotatable bonds is 5. The molecule has 0 saturated carbocycles. The Morgan fingerprint density at radius 1 is 1.37 bits per heavy atom. The third-order valence-electron chi connectivity index (χ3n) is 2.26. The van der Waals surface area contributed by atoms with Crippen LogP contribution in [-0.4, -0.2) is 37.6 Å². The molecule has 0 aliphatic rings. The fourth-order valence-electron chi connectivity index (χ4n) is 1.30. The minimum atomic E-state index is -0.603. The van der Waals surface area contributed by atoms with E-state index in [9.17, 15) is 19.7 Å². The number of non-ortho nitro benzene ring substituents is 1. The monoisotopic (exact) mass is 268 g/mol. The Morgan fingerprint density at radius 2 is 2.05 bits per heavy atom. The van der Waals surface area contributed by atoms with E-state index in [0.29, 0.717) is 0 Å². The molecule has 0 bridgehead atoms. The number of carbonyl (C=O) groups excluding carboxylic acids is 2. The maximum Gasteiger partial charge on any atom is 0.325 e. The summed E-state index contributed by atoms with van der Waals surface area (Å²) in [5.74, 6) is -1.14. The summed E-state index contributed by atoms with van der Waals surface area (Å²) in [5.41, 5.74) is -0.0987. The van der Waals surface area contributed by atoms with Crippen LogP contribution in [0, 0.1) is 10.1 Å². The van der Waals surface area contributed by atoms with Crippen molar-refractivity contribution in [3.05, 3.63) is 33.9 Å². The number of nitrogens with zero attached hydrogens (tertiary/aromatic N) is 1. The molecule has 1 rings (SSSR count). The van der Waals surface area contributed by atoms with Crippen molar-refractivity contribution in [3.8, 4) is 5.75 Å². The van der Waals surface area contributed by atoms with Gasteiger partial charge < -0.3 is 14.8 Å². The second-order valence-electron chi connectivity index (χ2n) is 3.40. The van der Waals surface area contributed by atoms with E-state index in [4.69, 9.17) is 4.74 Å². The molecule has 0 atom stereocenters. The molecule has 0 aliphatic heterocycles. The minimum Gasteiger partial charge on any atom is -0.496 e. The summed E-state index contributed by atoms with van der Waals surface area (Å²) in [6.07, 6.45) is 0. The summed E-state index contributed by atoms with van der Waals surface area (Å²) in [6, 6.07) is 3.56. The minimum absolute atomic E-state index is 0.0524. The van der Waals surface area contributed by atoms with Crippen LogP contribution in [0.1, 0.15) is 10.4 Å². The molecular weight excluding hydrogens is 256 g/mol. The fraction of sp³-hybridized carbons (Fsp3) is 0.273. The van der Waals surface area contributed by atoms with Crippen LogP contribution in [0.3, 0.4) is 0 Å². The van der Waals surface area contributed by atoms with Crippen molar-refractivity contribution in [1.29, 1.82) is 0 Å². The zero-order valence-corrected chi connectivity index (χ0v) is 10.3. The number of esters is 1. The van der Waals surface area contributed by atoms with E-state index >= 15 is 0 Å². The maximum absolute atomic E-state index is 11.8. The molecule has 0 unspecified atom stereocenters. The van der Waals surface area contributed by atoms with E-state index in [1.165, 1.54) is 26.4 Å². The summed E-state index contributed by atoms with van der Waals surface area (Å²) < 4.78 is 9.28. The van der Waals surface area contributed by atoms with Gasteiger partial charge in [-0.25, -0.2) is 0 Å². The lowest BCUT2D eigenvalue weighted by molar-refractivity contribution is -0.384. The molecule has 1 aromatic rings. The fourth-order valence-corrected chi connectivity index (χ4v) is 1.30. The van der Waals surface area contributed by atoms with Crippen molar-refractivity contribution in [1.82, 2.24) is 5.32 Å². The number of hydrogen-bond donors (Lipinski definition) is 1. The molecule has 102 valence electrons. The number of benzene rings is 1. The average Bonchev–Trinajstić information content (AvgIpc) is 2.43. The van der Waals surface area contributed by atoms with Crippen LogP contribution in [0.5, 0.6) is 5.75 Å². The molecule has 8 nitrogen and oxygen atoms in total. The van der Waals surface area contributed by atoms with Gasteiger partial charge in [-0.2, -0.15) is 0 Å². The van der Waals surface area contributed by atoms with E-state index in [1.54, 1.807) is 0 Å². The summed E-state index contributed by atoms with van der Waals surface area (Å²) in [7, 11) is 2.48. The van der Waals surface area contributed by atoms with Crippen LogP contribution in [0.2, 0.25) is 0 Å². The van der Waals surface area contributed by atoms with Crippen LogP contribution in [0.25, 0.3) is 0 Å². The maximum atomic E-state index is 11.8. The first-order valence-electron chi connectivity index (χ1n) is 5.17. The van der Waals surface area contributed by atoms with E-state index in [1.807, 2.05) is 0 Å². The lowest BCUT2D eigenvalue weighted by Gasteiger charge is -2.08. The molecule has 0 aromatic heterocycles. The Labute approximate surface area is 108 Å². The van der Waals surface area contributed by atoms with Crippen molar-refractivity contribution < 1.29 is 24.0 Å². The predicted molar refractivity (Wildman–Crippen MR) is 64.0 cm³/mol. The molecule has 19 heavy (non-hydrogen) atoms. The van der Waals surface area contributed by atoms with Crippen LogP contribution in [0.4, 0.5) is 5.69 Å². The molecular formula is C11H12N2O6. The van der Waals surface area contributed by atoms with Gasteiger partial charge in [0.2, 0.25) is 0 Å². The smallest absolute Gasteiger partial charge is 0.325 e. The number of nitro benzene ring substituents is 1. The SMILES string of the molecule is COC(=O)CNC(=O)c1ccc([N+](=O)[O-])cc1OC. The van der Waals surface area contributed by atoms with E-state index in [0.717, 1.165) is 6.07 Å². The largest absolute Gasteiger partial charge is 0.496 e. The molecule has 1 aromatic carbocycles. The standard InChI is InChI=1S/C11H12N2O6/c1-18-9-5-7(13(16)17)3-4-8(9)11(15)12-6-10(14)19-2/h3-5H,6H2,1-2H3,(H,12,15). The number of ether oxygens (including phenoxy) is 2. The molecule has 0 fully saturated rings. The highest BCUT2D eigenvalue weighted by Crippen LogP contribution is 2.24. The van der Waals surface area contributed by atoms with E-state index in [-0.39, 0.29) is 23.5 Å². The highest BCUT2D eigenvalue weighted by Gasteiger charge is 2.17. The van der Waals surface area contributed by atoms with Gasteiger partial charge in [0.05, 0.1) is 30.8 Å². The van der Waals surface area contributed by atoms with Crippen LogP contribution >= 0.6 is 0 Å². The quantitative estimate of drug-likeness (QED) is 0.473. The highest BCUT2D eigenvalue weighted by atomic mass is 16.6. The van der Waals surface area contributed by atoms with E-state index in [2.05, 4.69) is 10.1 Å². The molecule has 0 radical (unpaired) electrons. The molecule has 8 heteroatoms. The molecule has 0 spiro atoms. The lowest BCUT2D eigenvalue weighted by atomic mass is 10.1. The second-order valence-corrected chi connectivity index (χ2v) is 3.40. The van der Waals surface area contributed by atoms with E-state index < -0.39 is 16.8 Å². The summed E-state index contributed by atoms with van der Waals surface area (Å²) in [6.45, 7) is -0.296. The summed E-state index contributed by atoms with van der Waals surface area (Å²) in [4.78, 5) is 32.6. The van der Waals surface area contributed by atoms with Crippen molar-refractivity contribution in [2.75, 3.05) is 20.8 Å². The Kier molecular flexibility index (Phi) is 4.81. The lowest BCUT2D eigenvalue weighted by Crippen LogP contribution is -2.30. The van der Waals surface area contributed by atoms with Crippen LogP contribution < -0.4 is 10.1 Å². The predicted octanol–water partition coefficient (Wildman–Crippen LogP) is 0.506. The first kappa shape index (κ1) is 14.4. The molecule has 0 saturated heterocycles. The first-order chi connectivity index (χ1) is 8.99. The van der Waals surface area contributed by atoms with Gasteiger partial charge in [-0.3, -0.25) is 19.7 Å². The topological polar surface area (TPSA) is 108 Å². The van der Waals surface area contributed by atoms with Gasteiger partial charge in [0.25, 0.3) is 11.6 Å².